The van der Waals surface area contributed by atoms with Gasteiger partial charge >= 0.3 is 0 Å². The van der Waals surface area contributed by atoms with Gasteiger partial charge in [0.15, 0.2) is 0 Å². The van der Waals surface area contributed by atoms with Crippen LogP contribution in [-0.4, -0.2) is 10.3 Å². The zero-order chi connectivity index (χ0) is 23.6. The maximum absolute atomic E-state index is 2.44. The van der Waals surface area contributed by atoms with Gasteiger partial charge in [0.05, 0.1) is 26.7 Å². The molecule has 8 rings (SSSR count). The molecule has 0 fully saturated rings. The Bertz CT molecular complexity index is 1790. The third-order valence-corrected chi connectivity index (χ3v) is 9.53. The van der Waals surface area contributed by atoms with E-state index in [4.69, 9.17) is 0 Å². The summed E-state index contributed by atoms with van der Waals surface area (Å²) in [4.78, 5) is 2.44. The van der Waals surface area contributed by atoms with Crippen molar-refractivity contribution in [2.45, 2.75) is 5.25 Å². The van der Waals surface area contributed by atoms with E-state index in [2.05, 4.69) is 124 Å². The van der Waals surface area contributed by atoms with Crippen LogP contribution >= 0.6 is 23.1 Å². The fourth-order valence-corrected chi connectivity index (χ4v) is 7.90. The number of aromatic nitrogens is 1. The van der Waals surface area contributed by atoms with Crippen molar-refractivity contribution in [3.8, 4) is 16.8 Å². The van der Waals surface area contributed by atoms with Crippen LogP contribution in [0.1, 0.15) is 10.8 Å². The Hall–Kier alpha value is -3.73. The first-order valence-corrected chi connectivity index (χ1v) is 14.2. The highest BCUT2D eigenvalue weighted by molar-refractivity contribution is 8.00. The van der Waals surface area contributed by atoms with E-state index >= 15 is 0 Å². The molecule has 2 aromatic heterocycles. The summed E-state index contributed by atoms with van der Waals surface area (Å²) in [5, 5.41) is 3.97. The fourth-order valence-electron chi connectivity index (χ4n) is 5.77. The number of fused-ring (bicyclic) bond motifs is 6. The quantitative estimate of drug-likeness (QED) is 0.240. The molecule has 0 saturated heterocycles. The normalized spacial score (nSPS) is 16.5. The molecule has 1 atom stereocenters. The maximum atomic E-state index is 2.44. The molecule has 2 aliphatic rings. The second-order valence-electron chi connectivity index (χ2n) is 9.32. The van der Waals surface area contributed by atoms with Crippen LogP contribution in [0.15, 0.2) is 120 Å². The zero-order valence-electron chi connectivity index (χ0n) is 19.5. The molecule has 36 heavy (non-hydrogen) atoms. The SMILES string of the molecule is C1=C2C(SC1)c1ccccc1N2c1ccc(-c2ccc(-n3c4ccccc4c4sccc43)cc2)cc1. The summed E-state index contributed by atoms with van der Waals surface area (Å²) < 4.78 is 3.73. The molecule has 0 N–H and O–H groups in total. The van der Waals surface area contributed by atoms with Crippen molar-refractivity contribution in [2.24, 2.45) is 0 Å². The van der Waals surface area contributed by atoms with Gasteiger partial charge in [-0.15, -0.1) is 23.1 Å². The van der Waals surface area contributed by atoms with Crippen LogP contribution in [0, 0.1) is 0 Å². The van der Waals surface area contributed by atoms with Gasteiger partial charge in [0.1, 0.15) is 0 Å². The summed E-state index contributed by atoms with van der Waals surface area (Å²) in [6.45, 7) is 0. The average Bonchev–Trinajstić information content (AvgIpc) is 3.70. The lowest BCUT2D eigenvalue weighted by Gasteiger charge is -2.22. The number of thiophene rings is 1. The summed E-state index contributed by atoms with van der Waals surface area (Å²) in [6, 6.07) is 37.8. The molecule has 4 aromatic carbocycles. The van der Waals surface area contributed by atoms with Crippen molar-refractivity contribution in [1.29, 1.82) is 0 Å². The molecule has 0 aliphatic carbocycles. The predicted molar refractivity (Wildman–Crippen MR) is 156 cm³/mol. The van der Waals surface area contributed by atoms with Crippen molar-refractivity contribution in [3.05, 3.63) is 126 Å². The molecule has 2 aliphatic heterocycles. The number of benzene rings is 4. The lowest BCUT2D eigenvalue weighted by molar-refractivity contribution is 1.14. The molecule has 4 heteroatoms. The number of anilines is 2. The topological polar surface area (TPSA) is 8.17 Å². The summed E-state index contributed by atoms with van der Waals surface area (Å²) >= 11 is 3.84. The van der Waals surface area contributed by atoms with Crippen LogP contribution < -0.4 is 4.90 Å². The Morgan fingerprint density at radius 1 is 0.667 bits per heavy atom. The maximum Gasteiger partial charge on any atom is 0.0723 e. The van der Waals surface area contributed by atoms with Gasteiger partial charge in [-0.3, -0.25) is 0 Å². The van der Waals surface area contributed by atoms with Crippen LogP contribution in [0.5, 0.6) is 0 Å². The first-order chi connectivity index (χ1) is 17.9. The largest absolute Gasteiger partial charge is 0.313 e. The van der Waals surface area contributed by atoms with Crippen LogP contribution in [0.3, 0.4) is 0 Å². The number of para-hydroxylation sites is 2. The second-order valence-corrected chi connectivity index (χ2v) is 11.4. The molecule has 2 nitrogen and oxygen atoms in total. The number of rotatable bonds is 3. The van der Waals surface area contributed by atoms with Crippen molar-refractivity contribution >= 4 is 55.6 Å². The Kier molecular flexibility index (Phi) is 4.48. The first-order valence-electron chi connectivity index (χ1n) is 12.2. The third kappa shape index (κ3) is 2.92. The van der Waals surface area contributed by atoms with Gasteiger partial charge in [-0.1, -0.05) is 66.7 Å². The monoisotopic (exact) mass is 498 g/mol. The standard InChI is InChI=1S/C32H22N2S2/c1-3-7-27-25(5-1)31-29(17-19-35-31)33(27)23-13-9-21(10-14-23)22-11-15-24(16-12-22)34-28-8-4-2-6-26(28)32-30(34)18-20-36-32/h1-19,32H,20H2. The van der Waals surface area contributed by atoms with Gasteiger partial charge in [-0.25, -0.2) is 0 Å². The molecular formula is C32H22N2S2. The van der Waals surface area contributed by atoms with Crippen LogP contribution in [-0.2, 0) is 0 Å². The van der Waals surface area contributed by atoms with Gasteiger partial charge < -0.3 is 9.47 Å². The molecule has 4 heterocycles. The van der Waals surface area contributed by atoms with Gasteiger partial charge in [0.25, 0.3) is 0 Å². The fraction of sp³-hybridized carbons (Fsp3) is 0.0625. The van der Waals surface area contributed by atoms with Crippen LogP contribution in [0.25, 0.3) is 37.9 Å². The third-order valence-electron chi connectivity index (χ3n) is 7.40. The Morgan fingerprint density at radius 2 is 1.39 bits per heavy atom. The van der Waals surface area contributed by atoms with Crippen molar-refractivity contribution in [2.75, 3.05) is 10.7 Å². The van der Waals surface area contributed by atoms with E-state index in [0.29, 0.717) is 5.25 Å². The summed E-state index contributed by atoms with van der Waals surface area (Å²) in [5.74, 6) is 1.09. The van der Waals surface area contributed by atoms with E-state index in [9.17, 15) is 0 Å². The smallest absolute Gasteiger partial charge is 0.0723 e. The van der Waals surface area contributed by atoms with E-state index in [1.54, 1.807) is 0 Å². The highest BCUT2D eigenvalue weighted by Gasteiger charge is 2.37. The van der Waals surface area contributed by atoms with Crippen LogP contribution in [0.2, 0.25) is 0 Å². The zero-order valence-corrected chi connectivity index (χ0v) is 21.1. The minimum Gasteiger partial charge on any atom is -0.313 e. The summed E-state index contributed by atoms with van der Waals surface area (Å²) in [6.07, 6.45) is 2.39. The van der Waals surface area contributed by atoms with Gasteiger partial charge in [0, 0.05) is 28.2 Å². The van der Waals surface area contributed by atoms with Crippen molar-refractivity contribution < 1.29 is 0 Å². The highest BCUT2D eigenvalue weighted by atomic mass is 32.2. The number of thioether (sulfide) groups is 1. The molecule has 0 spiro atoms. The van der Waals surface area contributed by atoms with Gasteiger partial charge in [-0.05, 0) is 64.5 Å². The minimum absolute atomic E-state index is 0.466. The van der Waals surface area contributed by atoms with E-state index in [-0.39, 0.29) is 0 Å². The lowest BCUT2D eigenvalue weighted by atomic mass is 10.0. The Labute approximate surface area is 218 Å². The highest BCUT2D eigenvalue weighted by Crippen LogP contribution is 2.55. The number of hydrogen-bond donors (Lipinski definition) is 0. The van der Waals surface area contributed by atoms with Crippen LogP contribution in [0.4, 0.5) is 11.4 Å². The molecular weight excluding hydrogens is 477 g/mol. The predicted octanol–water partition coefficient (Wildman–Crippen LogP) is 9.34. The molecule has 6 aromatic rings. The lowest BCUT2D eigenvalue weighted by Crippen LogP contribution is -2.11. The Morgan fingerprint density at radius 3 is 2.22 bits per heavy atom. The molecule has 0 bridgehead atoms. The molecule has 0 radical (unpaired) electrons. The molecule has 172 valence electrons. The molecule has 0 amide bonds. The first kappa shape index (κ1) is 20.5. The van der Waals surface area contributed by atoms with Gasteiger partial charge in [-0.2, -0.15) is 0 Å². The average molecular weight is 499 g/mol. The molecule has 1 unspecified atom stereocenters. The number of nitrogens with zero attached hydrogens (tertiary/aromatic N) is 2. The van der Waals surface area contributed by atoms with Crippen molar-refractivity contribution in [1.82, 2.24) is 4.57 Å². The summed E-state index contributed by atoms with van der Waals surface area (Å²) in [5.41, 5.74) is 11.6. The van der Waals surface area contributed by atoms with E-state index in [1.165, 1.54) is 60.6 Å². The molecule has 0 saturated carbocycles. The van der Waals surface area contributed by atoms with Crippen molar-refractivity contribution in [3.63, 3.8) is 0 Å². The van der Waals surface area contributed by atoms with Gasteiger partial charge in [0.2, 0.25) is 0 Å². The van der Waals surface area contributed by atoms with E-state index in [1.807, 2.05) is 23.1 Å². The Balaban J connectivity index is 1.14. The second kappa shape index (κ2) is 7.89. The van der Waals surface area contributed by atoms with E-state index in [0.717, 1.165) is 5.75 Å². The summed E-state index contributed by atoms with van der Waals surface area (Å²) in [7, 11) is 0. The van der Waals surface area contributed by atoms with E-state index < -0.39 is 0 Å². The number of hydrogen-bond acceptors (Lipinski definition) is 3. The minimum atomic E-state index is 0.466.